The van der Waals surface area contributed by atoms with Gasteiger partial charge in [-0.15, -0.1) is 0 Å². The van der Waals surface area contributed by atoms with Crippen LogP contribution in [0.25, 0.3) is 0 Å². The van der Waals surface area contributed by atoms with Gasteiger partial charge in [-0.3, -0.25) is 9.80 Å². The van der Waals surface area contributed by atoms with E-state index in [1.54, 1.807) is 0 Å². The molecule has 1 aromatic carbocycles. The molecule has 1 fully saturated rings. The minimum Gasteiger partial charge on any atom is -0.492 e. The Balaban J connectivity index is 1.40. The third-order valence-corrected chi connectivity index (χ3v) is 4.53. The maximum atomic E-state index is 5.78. The van der Waals surface area contributed by atoms with Crippen LogP contribution in [0, 0.1) is 0 Å². The van der Waals surface area contributed by atoms with Crippen LogP contribution in [0.1, 0.15) is 31.6 Å². The first-order valence-corrected chi connectivity index (χ1v) is 8.73. The quantitative estimate of drug-likeness (QED) is 0.777. The van der Waals surface area contributed by atoms with Crippen molar-refractivity contribution in [2.75, 3.05) is 39.3 Å². The molecular formula is C18H26N4O2. The average Bonchev–Trinajstić information content (AvgIpc) is 3.12. The van der Waals surface area contributed by atoms with Crippen LogP contribution in [-0.2, 0) is 6.42 Å². The third kappa shape index (κ3) is 4.33. The molecular weight excluding hydrogens is 304 g/mol. The Hall–Kier alpha value is -1.92. The largest absolute Gasteiger partial charge is 0.492 e. The highest BCUT2D eigenvalue weighted by Crippen LogP contribution is 2.20. The predicted octanol–water partition coefficient (Wildman–Crippen LogP) is 2.39. The van der Waals surface area contributed by atoms with Crippen LogP contribution in [0.15, 0.2) is 34.9 Å². The number of para-hydroxylation sites is 1. The number of ether oxygens (including phenoxy) is 1. The van der Waals surface area contributed by atoms with Crippen molar-refractivity contribution in [2.24, 2.45) is 0 Å². The van der Waals surface area contributed by atoms with Crippen molar-refractivity contribution in [2.45, 2.75) is 26.3 Å². The lowest BCUT2D eigenvalue weighted by molar-refractivity contribution is 0.0800. The Labute approximate surface area is 143 Å². The summed E-state index contributed by atoms with van der Waals surface area (Å²) in [6, 6.07) is 10.2. The Bertz CT molecular complexity index is 608. The van der Waals surface area contributed by atoms with Gasteiger partial charge in [0.15, 0.2) is 5.82 Å². The van der Waals surface area contributed by atoms with E-state index in [0.29, 0.717) is 0 Å². The van der Waals surface area contributed by atoms with E-state index in [1.165, 1.54) is 0 Å². The van der Waals surface area contributed by atoms with E-state index in [4.69, 9.17) is 9.26 Å². The molecule has 2 heterocycles. The number of hydrogen-bond donors (Lipinski definition) is 0. The Morgan fingerprint density at radius 3 is 2.58 bits per heavy atom. The first kappa shape index (κ1) is 16.9. The molecule has 0 amide bonds. The van der Waals surface area contributed by atoms with Crippen LogP contribution < -0.4 is 4.74 Å². The minimum atomic E-state index is 0.181. The number of nitrogens with zero attached hydrogens (tertiary/aromatic N) is 4. The summed E-state index contributed by atoms with van der Waals surface area (Å²) in [4.78, 5) is 9.30. The van der Waals surface area contributed by atoms with Gasteiger partial charge in [0.2, 0.25) is 5.89 Å². The first-order chi connectivity index (χ1) is 11.8. The Kier molecular flexibility index (Phi) is 5.82. The molecule has 1 saturated heterocycles. The van der Waals surface area contributed by atoms with Crippen molar-refractivity contribution in [3.63, 3.8) is 0 Å². The van der Waals surface area contributed by atoms with Gasteiger partial charge >= 0.3 is 0 Å². The Morgan fingerprint density at radius 2 is 1.92 bits per heavy atom. The van der Waals surface area contributed by atoms with Crippen LogP contribution in [0.3, 0.4) is 0 Å². The maximum absolute atomic E-state index is 5.78. The fourth-order valence-electron chi connectivity index (χ4n) is 2.92. The van der Waals surface area contributed by atoms with Gasteiger partial charge in [-0.2, -0.15) is 4.98 Å². The lowest BCUT2D eigenvalue weighted by Crippen LogP contribution is -2.48. The molecule has 0 aliphatic carbocycles. The van der Waals surface area contributed by atoms with Crippen molar-refractivity contribution in [1.29, 1.82) is 0 Å². The zero-order chi connectivity index (χ0) is 16.8. The number of aromatic nitrogens is 2. The summed E-state index contributed by atoms with van der Waals surface area (Å²) in [5, 5.41) is 4.00. The SMILES string of the molecule is CCc1noc([C@H](C)N2CCN(CCOc3ccccc3)CC2)n1. The average molecular weight is 330 g/mol. The van der Waals surface area contributed by atoms with E-state index in [0.717, 1.165) is 63.2 Å². The predicted molar refractivity (Wildman–Crippen MR) is 92.0 cm³/mol. The Morgan fingerprint density at radius 1 is 1.17 bits per heavy atom. The van der Waals surface area contributed by atoms with Crippen LogP contribution in [0.4, 0.5) is 0 Å². The zero-order valence-corrected chi connectivity index (χ0v) is 14.5. The summed E-state index contributed by atoms with van der Waals surface area (Å²) in [5.74, 6) is 2.45. The van der Waals surface area contributed by atoms with Gasteiger partial charge in [0.25, 0.3) is 0 Å². The smallest absolute Gasteiger partial charge is 0.243 e. The second-order valence-corrected chi connectivity index (χ2v) is 6.12. The molecule has 1 aromatic heterocycles. The molecule has 1 aliphatic rings. The van der Waals surface area contributed by atoms with E-state index in [9.17, 15) is 0 Å². The summed E-state index contributed by atoms with van der Waals surface area (Å²) in [7, 11) is 0. The molecule has 3 rings (SSSR count). The van der Waals surface area contributed by atoms with Gasteiger partial charge in [-0.1, -0.05) is 30.3 Å². The summed E-state index contributed by atoms with van der Waals surface area (Å²) in [6.07, 6.45) is 0.811. The van der Waals surface area contributed by atoms with Gasteiger partial charge in [0.1, 0.15) is 12.4 Å². The molecule has 130 valence electrons. The molecule has 0 unspecified atom stereocenters. The van der Waals surface area contributed by atoms with Crippen molar-refractivity contribution in [1.82, 2.24) is 19.9 Å². The van der Waals surface area contributed by atoms with Crippen LogP contribution in [0.2, 0.25) is 0 Å². The number of aryl methyl sites for hydroxylation is 1. The van der Waals surface area contributed by atoms with Gasteiger partial charge in [-0.25, -0.2) is 0 Å². The maximum Gasteiger partial charge on any atom is 0.243 e. The lowest BCUT2D eigenvalue weighted by atomic mass is 10.2. The van der Waals surface area contributed by atoms with E-state index in [-0.39, 0.29) is 6.04 Å². The summed E-state index contributed by atoms with van der Waals surface area (Å²) in [6.45, 7) is 9.96. The lowest BCUT2D eigenvalue weighted by Gasteiger charge is -2.36. The van der Waals surface area contributed by atoms with E-state index in [1.807, 2.05) is 37.3 Å². The standard InChI is InChI=1S/C18H26N4O2/c1-3-17-19-18(24-20-17)15(2)22-11-9-21(10-12-22)13-14-23-16-7-5-4-6-8-16/h4-8,15H,3,9-14H2,1-2H3/t15-/m0/s1. The van der Waals surface area contributed by atoms with Crippen molar-refractivity contribution in [3.05, 3.63) is 42.0 Å². The van der Waals surface area contributed by atoms with Crippen LogP contribution >= 0.6 is 0 Å². The van der Waals surface area contributed by atoms with Gasteiger partial charge in [0.05, 0.1) is 6.04 Å². The van der Waals surface area contributed by atoms with E-state index >= 15 is 0 Å². The van der Waals surface area contributed by atoms with Crippen molar-refractivity contribution >= 4 is 0 Å². The van der Waals surface area contributed by atoms with Crippen molar-refractivity contribution in [3.8, 4) is 5.75 Å². The fourth-order valence-corrected chi connectivity index (χ4v) is 2.92. The van der Waals surface area contributed by atoms with Crippen LogP contribution in [0.5, 0.6) is 5.75 Å². The normalized spacial score (nSPS) is 17.8. The fraction of sp³-hybridized carbons (Fsp3) is 0.556. The second kappa shape index (κ2) is 8.26. The first-order valence-electron chi connectivity index (χ1n) is 8.73. The monoisotopic (exact) mass is 330 g/mol. The number of hydrogen-bond acceptors (Lipinski definition) is 6. The molecule has 6 nitrogen and oxygen atoms in total. The van der Waals surface area contributed by atoms with Gasteiger partial charge < -0.3 is 9.26 Å². The topological polar surface area (TPSA) is 54.6 Å². The van der Waals surface area contributed by atoms with Crippen LogP contribution in [-0.4, -0.2) is 59.3 Å². The number of rotatable bonds is 7. The summed E-state index contributed by atoms with van der Waals surface area (Å²) < 4.78 is 11.2. The van der Waals surface area contributed by atoms with Gasteiger partial charge in [0, 0.05) is 39.1 Å². The third-order valence-electron chi connectivity index (χ3n) is 4.53. The molecule has 24 heavy (non-hydrogen) atoms. The summed E-state index contributed by atoms with van der Waals surface area (Å²) >= 11 is 0. The zero-order valence-electron chi connectivity index (χ0n) is 14.5. The highest BCUT2D eigenvalue weighted by atomic mass is 16.5. The van der Waals surface area contributed by atoms with Crippen molar-refractivity contribution < 1.29 is 9.26 Å². The molecule has 6 heteroatoms. The molecule has 1 aliphatic heterocycles. The van der Waals surface area contributed by atoms with Gasteiger partial charge in [-0.05, 0) is 19.1 Å². The number of piperazine rings is 1. The number of benzene rings is 1. The molecule has 0 radical (unpaired) electrons. The highest BCUT2D eigenvalue weighted by molar-refractivity contribution is 5.20. The highest BCUT2D eigenvalue weighted by Gasteiger charge is 2.25. The minimum absolute atomic E-state index is 0.181. The summed E-state index contributed by atoms with van der Waals surface area (Å²) in [5.41, 5.74) is 0. The molecule has 0 spiro atoms. The van der Waals surface area contributed by atoms with E-state index < -0.39 is 0 Å². The molecule has 0 N–H and O–H groups in total. The van der Waals surface area contributed by atoms with E-state index in [2.05, 4.69) is 26.9 Å². The molecule has 2 aromatic rings. The molecule has 0 saturated carbocycles. The molecule has 0 bridgehead atoms. The second-order valence-electron chi connectivity index (χ2n) is 6.12. The molecule has 1 atom stereocenters.